The van der Waals surface area contributed by atoms with Crippen molar-refractivity contribution in [2.45, 2.75) is 13.0 Å². The van der Waals surface area contributed by atoms with E-state index in [0.29, 0.717) is 11.6 Å². The Kier molecular flexibility index (Phi) is 3.39. The molecule has 0 aliphatic rings. The highest BCUT2D eigenvalue weighted by molar-refractivity contribution is 6.32. The van der Waals surface area contributed by atoms with Crippen molar-refractivity contribution < 1.29 is 5.11 Å². The number of hydrogen-bond acceptors (Lipinski definition) is 3. The maximum Gasteiger partial charge on any atom is 0.134 e. The van der Waals surface area contributed by atoms with Crippen LogP contribution in [0.4, 0.5) is 5.69 Å². The van der Waals surface area contributed by atoms with Gasteiger partial charge in [0.15, 0.2) is 0 Å². The molecule has 0 aliphatic heterocycles. The molecule has 1 atom stereocenters. The van der Waals surface area contributed by atoms with Crippen LogP contribution in [0.2, 0.25) is 5.02 Å². The molecule has 72 valence electrons. The number of aromatic hydroxyl groups is 1. The van der Waals surface area contributed by atoms with E-state index in [1.807, 2.05) is 6.92 Å². The molecule has 0 saturated carbocycles. The quantitative estimate of drug-likeness (QED) is 0.653. The molecule has 0 heterocycles. The van der Waals surface area contributed by atoms with Gasteiger partial charge in [0.2, 0.25) is 0 Å². The Labute approximate surface area is 82.5 Å². The molecule has 0 amide bonds. The van der Waals surface area contributed by atoms with E-state index in [2.05, 4.69) is 5.32 Å². The Morgan fingerprint density at radius 3 is 2.85 bits per heavy atom. The monoisotopic (exact) mass is 200 g/mol. The number of nitrogens with two attached hydrogens (primary N) is 1. The molecule has 0 bridgehead atoms. The maximum absolute atomic E-state index is 9.15. The highest BCUT2D eigenvalue weighted by Gasteiger charge is 2.02. The number of phenolic OH excluding ortho intramolecular Hbond substituents is 1. The van der Waals surface area contributed by atoms with Gasteiger partial charge in [0.1, 0.15) is 5.75 Å². The Balaban J connectivity index is 2.73. The van der Waals surface area contributed by atoms with Crippen molar-refractivity contribution in [2.75, 3.05) is 11.9 Å². The molecule has 4 N–H and O–H groups in total. The van der Waals surface area contributed by atoms with Crippen LogP contribution in [0.5, 0.6) is 5.75 Å². The van der Waals surface area contributed by atoms with E-state index in [-0.39, 0.29) is 11.8 Å². The minimum Gasteiger partial charge on any atom is -0.506 e. The molecule has 0 spiro atoms. The lowest BCUT2D eigenvalue weighted by molar-refractivity contribution is 0.475. The van der Waals surface area contributed by atoms with Gasteiger partial charge in [-0.2, -0.15) is 0 Å². The molecule has 1 rings (SSSR count). The van der Waals surface area contributed by atoms with Gasteiger partial charge in [-0.15, -0.1) is 0 Å². The van der Waals surface area contributed by atoms with Gasteiger partial charge in [0.05, 0.1) is 5.02 Å². The smallest absolute Gasteiger partial charge is 0.134 e. The topological polar surface area (TPSA) is 58.3 Å². The second kappa shape index (κ2) is 4.35. The van der Waals surface area contributed by atoms with Gasteiger partial charge in [-0.25, -0.2) is 0 Å². The molecular weight excluding hydrogens is 188 g/mol. The van der Waals surface area contributed by atoms with Crippen molar-refractivity contribution >= 4 is 17.3 Å². The first-order valence-corrected chi connectivity index (χ1v) is 4.46. The van der Waals surface area contributed by atoms with E-state index in [4.69, 9.17) is 22.4 Å². The molecule has 0 aromatic heterocycles. The summed E-state index contributed by atoms with van der Waals surface area (Å²) in [5, 5.41) is 12.6. The van der Waals surface area contributed by atoms with Gasteiger partial charge in [-0.05, 0) is 25.1 Å². The average Bonchev–Trinajstić information content (AvgIpc) is 2.11. The largest absolute Gasteiger partial charge is 0.506 e. The normalized spacial score (nSPS) is 12.5. The molecule has 3 nitrogen and oxygen atoms in total. The molecule has 1 aromatic carbocycles. The Hall–Kier alpha value is -0.930. The second-order valence-corrected chi connectivity index (χ2v) is 3.35. The third-order valence-electron chi connectivity index (χ3n) is 1.71. The number of nitrogens with one attached hydrogen (secondary N) is 1. The van der Waals surface area contributed by atoms with Crippen molar-refractivity contribution in [1.29, 1.82) is 0 Å². The average molecular weight is 201 g/mol. The first kappa shape index (κ1) is 10.2. The van der Waals surface area contributed by atoms with E-state index in [1.54, 1.807) is 18.2 Å². The molecule has 13 heavy (non-hydrogen) atoms. The van der Waals surface area contributed by atoms with Gasteiger partial charge < -0.3 is 16.2 Å². The lowest BCUT2D eigenvalue weighted by Crippen LogP contribution is -2.25. The summed E-state index contributed by atoms with van der Waals surface area (Å²) in [6, 6.07) is 5.17. The van der Waals surface area contributed by atoms with Crippen molar-refractivity contribution in [1.82, 2.24) is 0 Å². The summed E-state index contributed by atoms with van der Waals surface area (Å²) in [6.07, 6.45) is 0. The van der Waals surface area contributed by atoms with Gasteiger partial charge in [0, 0.05) is 18.3 Å². The zero-order valence-electron chi connectivity index (χ0n) is 7.42. The number of anilines is 1. The Morgan fingerprint density at radius 2 is 2.31 bits per heavy atom. The number of hydrogen-bond donors (Lipinski definition) is 3. The van der Waals surface area contributed by atoms with E-state index in [0.717, 1.165) is 5.69 Å². The van der Waals surface area contributed by atoms with E-state index >= 15 is 0 Å². The first-order chi connectivity index (χ1) is 6.13. The molecule has 4 heteroatoms. The van der Waals surface area contributed by atoms with Crippen molar-refractivity contribution in [3.8, 4) is 5.75 Å². The lowest BCUT2D eigenvalue weighted by atomic mass is 10.2. The molecule has 0 aliphatic carbocycles. The molecule has 1 aromatic rings. The second-order valence-electron chi connectivity index (χ2n) is 2.95. The maximum atomic E-state index is 9.15. The third kappa shape index (κ3) is 2.79. The lowest BCUT2D eigenvalue weighted by Gasteiger charge is -2.12. The summed E-state index contributed by atoms with van der Waals surface area (Å²) in [5.74, 6) is 0.0904. The van der Waals surface area contributed by atoms with Crippen LogP contribution in [-0.2, 0) is 0 Å². The number of rotatable bonds is 3. The molecular formula is C9H13ClN2O. The van der Waals surface area contributed by atoms with Crippen molar-refractivity contribution in [3.05, 3.63) is 23.2 Å². The summed E-state index contributed by atoms with van der Waals surface area (Å²) in [7, 11) is 0. The van der Waals surface area contributed by atoms with Gasteiger partial charge in [-0.3, -0.25) is 0 Å². The van der Waals surface area contributed by atoms with Gasteiger partial charge in [0.25, 0.3) is 0 Å². The zero-order valence-corrected chi connectivity index (χ0v) is 8.17. The number of halogens is 1. The van der Waals surface area contributed by atoms with E-state index in [1.165, 1.54) is 0 Å². The predicted octanol–water partition coefficient (Wildman–Crippen LogP) is 1.80. The summed E-state index contributed by atoms with van der Waals surface area (Å²) >= 11 is 5.72. The van der Waals surface area contributed by atoms with E-state index < -0.39 is 0 Å². The standard InChI is InChI=1S/C9H13ClN2O/c1-6(5-11)12-7-2-3-9(13)8(10)4-7/h2-4,6,12-13H,5,11H2,1H3. The fraction of sp³-hybridized carbons (Fsp3) is 0.333. The van der Waals surface area contributed by atoms with E-state index in [9.17, 15) is 0 Å². The molecule has 0 fully saturated rings. The van der Waals surface area contributed by atoms with Crippen LogP contribution < -0.4 is 11.1 Å². The highest BCUT2D eigenvalue weighted by atomic mass is 35.5. The van der Waals surface area contributed by atoms with Crippen LogP contribution in [0, 0.1) is 0 Å². The third-order valence-corrected chi connectivity index (χ3v) is 2.02. The van der Waals surface area contributed by atoms with Crippen LogP contribution in [-0.4, -0.2) is 17.7 Å². The fourth-order valence-corrected chi connectivity index (χ4v) is 1.12. The number of phenols is 1. The zero-order chi connectivity index (χ0) is 9.84. The first-order valence-electron chi connectivity index (χ1n) is 4.08. The number of benzene rings is 1. The van der Waals surface area contributed by atoms with Crippen LogP contribution >= 0.6 is 11.6 Å². The van der Waals surface area contributed by atoms with Crippen LogP contribution in [0.25, 0.3) is 0 Å². The summed E-state index contributed by atoms with van der Waals surface area (Å²) in [5.41, 5.74) is 6.30. The Morgan fingerprint density at radius 1 is 1.62 bits per heavy atom. The van der Waals surface area contributed by atoms with Crippen LogP contribution in [0.1, 0.15) is 6.92 Å². The van der Waals surface area contributed by atoms with Crippen LogP contribution in [0.15, 0.2) is 18.2 Å². The SMILES string of the molecule is CC(CN)Nc1ccc(O)c(Cl)c1. The summed E-state index contributed by atoms with van der Waals surface area (Å²) in [6.45, 7) is 2.53. The Bertz CT molecular complexity index is 291. The molecule has 0 radical (unpaired) electrons. The van der Waals surface area contributed by atoms with Gasteiger partial charge in [-0.1, -0.05) is 11.6 Å². The highest BCUT2D eigenvalue weighted by Crippen LogP contribution is 2.26. The fourth-order valence-electron chi connectivity index (χ4n) is 0.940. The summed E-state index contributed by atoms with van der Waals surface area (Å²) < 4.78 is 0. The predicted molar refractivity (Wildman–Crippen MR) is 55.3 cm³/mol. The molecule has 0 saturated heterocycles. The summed E-state index contributed by atoms with van der Waals surface area (Å²) in [4.78, 5) is 0. The molecule has 1 unspecified atom stereocenters. The minimum absolute atomic E-state index is 0.0904. The van der Waals surface area contributed by atoms with Gasteiger partial charge >= 0.3 is 0 Å². The van der Waals surface area contributed by atoms with Crippen LogP contribution in [0.3, 0.4) is 0 Å². The van der Waals surface area contributed by atoms with Crippen molar-refractivity contribution in [2.24, 2.45) is 5.73 Å². The minimum atomic E-state index is 0.0904. The van der Waals surface area contributed by atoms with Crippen molar-refractivity contribution in [3.63, 3.8) is 0 Å².